The van der Waals surface area contributed by atoms with Crippen molar-refractivity contribution in [1.29, 1.82) is 0 Å². The van der Waals surface area contributed by atoms with Gasteiger partial charge in [0.15, 0.2) is 0 Å². The van der Waals surface area contributed by atoms with Gasteiger partial charge in [-0.15, -0.1) is 0 Å². The fourth-order valence-corrected chi connectivity index (χ4v) is 4.01. The van der Waals surface area contributed by atoms with E-state index in [0.717, 1.165) is 37.6 Å². The van der Waals surface area contributed by atoms with Crippen molar-refractivity contribution >= 4 is 11.6 Å². The van der Waals surface area contributed by atoms with Gasteiger partial charge in [-0.1, -0.05) is 0 Å². The number of aromatic nitrogens is 4. The van der Waals surface area contributed by atoms with E-state index in [1.807, 2.05) is 37.6 Å². The summed E-state index contributed by atoms with van der Waals surface area (Å²) < 4.78 is 3.82. The summed E-state index contributed by atoms with van der Waals surface area (Å²) in [4.78, 5) is 23.6. The summed E-state index contributed by atoms with van der Waals surface area (Å²) in [5, 5.41) is 4.22. The highest BCUT2D eigenvalue weighted by atomic mass is 16.2. The lowest BCUT2D eigenvalue weighted by Gasteiger charge is -2.46. The molecule has 0 aliphatic carbocycles. The maximum atomic E-state index is 12.6. The van der Waals surface area contributed by atoms with Gasteiger partial charge in [0.1, 0.15) is 5.82 Å². The number of likely N-dealkylation sites (N-methyl/N-ethyl adjacent to an activating group) is 1. The maximum absolute atomic E-state index is 12.6. The van der Waals surface area contributed by atoms with E-state index in [9.17, 15) is 4.79 Å². The largest absolute Gasteiger partial charge is 0.337 e. The van der Waals surface area contributed by atoms with Crippen LogP contribution < -0.4 is 4.90 Å². The quantitative estimate of drug-likeness (QED) is 0.790. The number of hydrogen-bond donors (Lipinski definition) is 0. The summed E-state index contributed by atoms with van der Waals surface area (Å²) in [5.41, 5.74) is 0.886. The third-order valence-electron chi connectivity index (χ3n) is 5.64. The van der Waals surface area contributed by atoms with Gasteiger partial charge >= 0.3 is 0 Å². The van der Waals surface area contributed by atoms with Gasteiger partial charge in [-0.2, -0.15) is 5.10 Å². The first-order chi connectivity index (χ1) is 12.0. The van der Waals surface area contributed by atoms with E-state index in [4.69, 9.17) is 0 Å². The van der Waals surface area contributed by atoms with Gasteiger partial charge < -0.3 is 9.47 Å². The van der Waals surface area contributed by atoms with E-state index in [0.29, 0.717) is 13.1 Å². The van der Waals surface area contributed by atoms with E-state index in [1.165, 1.54) is 0 Å². The minimum absolute atomic E-state index is 0.00504. The van der Waals surface area contributed by atoms with Crippen molar-refractivity contribution in [2.45, 2.75) is 18.5 Å². The molecular formula is C17H25N7O. The molecule has 134 valence electrons. The van der Waals surface area contributed by atoms with Crippen LogP contribution in [-0.2, 0) is 25.4 Å². The molecule has 0 saturated carbocycles. The Kier molecular flexibility index (Phi) is 3.88. The lowest BCUT2D eigenvalue weighted by atomic mass is 9.93. The molecule has 0 bridgehead atoms. The average Bonchev–Trinajstić information content (AvgIpc) is 3.27. The zero-order valence-corrected chi connectivity index (χ0v) is 15.1. The van der Waals surface area contributed by atoms with E-state index in [2.05, 4.69) is 31.5 Å². The average molecular weight is 343 g/mol. The standard InChI is InChI=1S/C17H25N7O/c1-20-7-5-18-15(20)10-23-6-4-17(12-23)13-24(16(25)11-21(17)2)14-8-19-22(3)9-14/h5,7-9H,4,6,10-13H2,1-3H3/t17-/m1/s1. The van der Waals surface area contributed by atoms with Crippen molar-refractivity contribution in [3.8, 4) is 0 Å². The molecule has 0 aromatic carbocycles. The zero-order chi connectivity index (χ0) is 17.6. The van der Waals surface area contributed by atoms with Crippen LogP contribution >= 0.6 is 0 Å². The third kappa shape index (κ3) is 2.85. The van der Waals surface area contributed by atoms with Crippen LogP contribution in [0.1, 0.15) is 12.2 Å². The van der Waals surface area contributed by atoms with Gasteiger partial charge in [-0.3, -0.25) is 19.3 Å². The lowest BCUT2D eigenvalue weighted by molar-refractivity contribution is -0.123. The molecule has 0 N–H and O–H groups in total. The van der Waals surface area contributed by atoms with Crippen LogP contribution in [0, 0.1) is 0 Å². The van der Waals surface area contributed by atoms with Gasteiger partial charge in [0.2, 0.25) is 5.91 Å². The first kappa shape index (κ1) is 16.3. The summed E-state index contributed by atoms with van der Waals surface area (Å²) in [7, 11) is 5.98. The number of nitrogens with zero attached hydrogens (tertiary/aromatic N) is 7. The van der Waals surface area contributed by atoms with Crippen molar-refractivity contribution in [3.05, 3.63) is 30.6 Å². The van der Waals surface area contributed by atoms with Crippen molar-refractivity contribution in [3.63, 3.8) is 0 Å². The summed E-state index contributed by atoms with van der Waals surface area (Å²) in [6.45, 7) is 3.98. The molecule has 1 amide bonds. The smallest absolute Gasteiger partial charge is 0.241 e. The summed E-state index contributed by atoms with van der Waals surface area (Å²) in [6.07, 6.45) is 8.57. The number of aryl methyl sites for hydroxylation is 2. The highest BCUT2D eigenvalue weighted by Crippen LogP contribution is 2.33. The second-order valence-electron chi connectivity index (χ2n) is 7.35. The molecule has 2 aromatic rings. The Morgan fingerprint density at radius 2 is 2.08 bits per heavy atom. The number of anilines is 1. The molecule has 8 nitrogen and oxygen atoms in total. The summed E-state index contributed by atoms with van der Waals surface area (Å²) in [5.74, 6) is 1.22. The number of amides is 1. The molecular weight excluding hydrogens is 318 g/mol. The second-order valence-corrected chi connectivity index (χ2v) is 7.35. The van der Waals surface area contributed by atoms with Gasteiger partial charge in [0.25, 0.3) is 0 Å². The zero-order valence-electron chi connectivity index (χ0n) is 15.1. The van der Waals surface area contributed by atoms with Crippen LogP contribution in [0.3, 0.4) is 0 Å². The molecule has 1 atom stereocenters. The maximum Gasteiger partial charge on any atom is 0.241 e. The predicted octanol–water partition coefficient (Wildman–Crippen LogP) is 0.0767. The van der Waals surface area contributed by atoms with Gasteiger partial charge in [-0.25, -0.2) is 4.98 Å². The first-order valence-corrected chi connectivity index (χ1v) is 8.66. The molecule has 2 aromatic heterocycles. The summed E-state index contributed by atoms with van der Waals surface area (Å²) >= 11 is 0. The molecule has 0 unspecified atom stereocenters. The molecule has 1 spiro atoms. The molecule has 4 rings (SSSR count). The molecule has 2 saturated heterocycles. The van der Waals surface area contributed by atoms with Gasteiger partial charge in [0, 0.05) is 52.3 Å². The number of likely N-dealkylation sites (tertiary alicyclic amines) is 1. The SMILES string of the molecule is CN1CC(=O)N(c2cnn(C)c2)C[C@]12CCN(Cc1nccn1C)C2. The Bertz CT molecular complexity index is 782. The number of carbonyl (C=O) groups excluding carboxylic acids is 1. The van der Waals surface area contributed by atoms with Crippen molar-refractivity contribution in [1.82, 2.24) is 29.1 Å². The number of hydrogen-bond acceptors (Lipinski definition) is 5. The van der Waals surface area contributed by atoms with Gasteiger partial charge in [0.05, 0.1) is 30.5 Å². The molecule has 25 heavy (non-hydrogen) atoms. The Balaban J connectivity index is 1.52. The number of carbonyl (C=O) groups is 1. The Hall–Kier alpha value is -2.19. The molecule has 2 fully saturated rings. The van der Waals surface area contributed by atoms with Crippen LogP contribution in [0.4, 0.5) is 5.69 Å². The minimum Gasteiger partial charge on any atom is -0.337 e. The normalized spacial score (nSPS) is 25.4. The van der Waals surface area contributed by atoms with E-state index >= 15 is 0 Å². The van der Waals surface area contributed by atoms with Crippen molar-refractivity contribution < 1.29 is 4.79 Å². The fourth-order valence-electron chi connectivity index (χ4n) is 4.01. The number of rotatable bonds is 3. The molecule has 8 heteroatoms. The van der Waals surface area contributed by atoms with Crippen LogP contribution in [0.2, 0.25) is 0 Å². The molecule has 2 aliphatic heterocycles. The van der Waals surface area contributed by atoms with Gasteiger partial charge in [-0.05, 0) is 13.5 Å². The van der Waals surface area contributed by atoms with E-state index < -0.39 is 0 Å². The van der Waals surface area contributed by atoms with Crippen molar-refractivity contribution in [2.75, 3.05) is 38.1 Å². The number of piperazine rings is 1. The van der Waals surface area contributed by atoms with Crippen LogP contribution in [-0.4, -0.2) is 73.8 Å². The highest BCUT2D eigenvalue weighted by molar-refractivity contribution is 5.95. The Morgan fingerprint density at radius 3 is 2.76 bits per heavy atom. The fraction of sp³-hybridized carbons (Fsp3) is 0.588. The second kappa shape index (κ2) is 5.96. The monoisotopic (exact) mass is 343 g/mol. The Morgan fingerprint density at radius 1 is 1.24 bits per heavy atom. The molecule has 4 heterocycles. The van der Waals surface area contributed by atoms with Crippen LogP contribution in [0.25, 0.3) is 0 Å². The highest BCUT2D eigenvalue weighted by Gasteiger charge is 2.47. The lowest BCUT2D eigenvalue weighted by Crippen LogP contribution is -2.64. The predicted molar refractivity (Wildman–Crippen MR) is 94.0 cm³/mol. The minimum atomic E-state index is -0.00504. The van der Waals surface area contributed by atoms with Crippen LogP contribution in [0.5, 0.6) is 0 Å². The molecule has 0 radical (unpaired) electrons. The Labute approximate surface area is 147 Å². The number of imidazole rings is 1. The molecule has 2 aliphatic rings. The van der Waals surface area contributed by atoms with Crippen molar-refractivity contribution in [2.24, 2.45) is 14.1 Å². The van der Waals surface area contributed by atoms with E-state index in [-0.39, 0.29) is 11.4 Å². The third-order valence-corrected chi connectivity index (χ3v) is 5.64. The topological polar surface area (TPSA) is 62.4 Å². The van der Waals surface area contributed by atoms with E-state index in [1.54, 1.807) is 10.9 Å². The summed E-state index contributed by atoms with van der Waals surface area (Å²) in [6, 6.07) is 0. The first-order valence-electron chi connectivity index (χ1n) is 8.66. The van der Waals surface area contributed by atoms with Crippen LogP contribution in [0.15, 0.2) is 24.8 Å².